The first-order chi connectivity index (χ1) is 18.8. The number of piperidine rings is 1. The third-order valence-corrected chi connectivity index (χ3v) is 8.17. The van der Waals surface area contributed by atoms with E-state index in [4.69, 9.17) is 16.3 Å². The molecular weight excluding hydrogens is 520 g/mol. The molecule has 3 aliphatic rings. The molecule has 4 heterocycles. The molecule has 10 nitrogen and oxygen atoms in total. The van der Waals surface area contributed by atoms with E-state index in [2.05, 4.69) is 20.6 Å². The van der Waals surface area contributed by atoms with E-state index in [0.29, 0.717) is 48.5 Å². The van der Waals surface area contributed by atoms with Crippen LogP contribution in [0.4, 0.5) is 5.95 Å². The average molecular weight is 555 g/mol. The number of hydrogen-bond donors (Lipinski definition) is 2. The molecular formula is C28H35ClN6O4. The van der Waals surface area contributed by atoms with Crippen molar-refractivity contribution in [2.24, 2.45) is 5.92 Å². The molecule has 5 rings (SSSR count). The molecule has 1 aromatic carbocycles. The SMILES string of the molecule is CC(=O)N1CCC[C@H](C(C)NC(=O)CN2Cc3ccc(-c4nc(NC5CCOCC5)ncc4Cl)cc3C2=O)C1. The van der Waals surface area contributed by atoms with Gasteiger partial charge >= 0.3 is 0 Å². The van der Waals surface area contributed by atoms with E-state index in [1.54, 1.807) is 24.1 Å². The Labute approximate surface area is 233 Å². The second-order valence-electron chi connectivity index (χ2n) is 10.7. The Hall–Kier alpha value is -3.24. The zero-order valence-electron chi connectivity index (χ0n) is 22.4. The molecule has 2 saturated heterocycles. The maximum absolute atomic E-state index is 13.2. The number of nitrogens with one attached hydrogen (secondary N) is 2. The van der Waals surface area contributed by atoms with Gasteiger partial charge in [0.1, 0.15) is 6.54 Å². The number of ether oxygens (including phenoxy) is 1. The van der Waals surface area contributed by atoms with E-state index >= 15 is 0 Å². The van der Waals surface area contributed by atoms with Gasteiger partial charge < -0.3 is 25.2 Å². The van der Waals surface area contributed by atoms with E-state index in [-0.39, 0.29) is 42.3 Å². The Morgan fingerprint density at radius 1 is 1.23 bits per heavy atom. The Balaban J connectivity index is 1.22. The van der Waals surface area contributed by atoms with Crippen molar-refractivity contribution in [2.45, 2.75) is 58.2 Å². The monoisotopic (exact) mass is 554 g/mol. The van der Waals surface area contributed by atoms with Gasteiger partial charge in [0.2, 0.25) is 17.8 Å². The van der Waals surface area contributed by atoms with E-state index in [9.17, 15) is 14.4 Å². The smallest absolute Gasteiger partial charge is 0.254 e. The fourth-order valence-corrected chi connectivity index (χ4v) is 5.79. The summed E-state index contributed by atoms with van der Waals surface area (Å²) in [5.74, 6) is 0.356. The lowest BCUT2D eigenvalue weighted by Gasteiger charge is -2.35. The number of hydrogen-bond acceptors (Lipinski definition) is 7. The van der Waals surface area contributed by atoms with Crippen molar-refractivity contribution in [1.29, 1.82) is 0 Å². The number of fused-ring (bicyclic) bond motifs is 1. The number of likely N-dealkylation sites (tertiary alicyclic amines) is 1. The van der Waals surface area contributed by atoms with E-state index in [0.717, 1.165) is 43.4 Å². The molecule has 0 bridgehead atoms. The lowest BCUT2D eigenvalue weighted by Crippen LogP contribution is -2.49. The molecule has 0 spiro atoms. The Morgan fingerprint density at radius 3 is 2.79 bits per heavy atom. The summed E-state index contributed by atoms with van der Waals surface area (Å²) >= 11 is 6.45. The van der Waals surface area contributed by atoms with Gasteiger partial charge in [0.05, 0.1) is 16.9 Å². The molecule has 1 aromatic heterocycles. The molecule has 2 fully saturated rings. The zero-order valence-corrected chi connectivity index (χ0v) is 23.2. The highest BCUT2D eigenvalue weighted by molar-refractivity contribution is 6.33. The molecule has 2 aromatic rings. The number of aromatic nitrogens is 2. The van der Waals surface area contributed by atoms with Crippen LogP contribution in [-0.2, 0) is 20.9 Å². The Bertz CT molecular complexity index is 1250. The van der Waals surface area contributed by atoms with Crippen LogP contribution in [0.15, 0.2) is 24.4 Å². The summed E-state index contributed by atoms with van der Waals surface area (Å²) < 4.78 is 5.42. The normalized spacial score (nSPS) is 20.5. The standard InChI is InChI=1S/C28H35ClN6O4/c1-17(20-4-3-9-34(14-20)18(2)36)31-25(37)16-35-15-21-6-5-19(12-23(21)27(35)38)26-24(29)13-30-28(33-26)32-22-7-10-39-11-8-22/h5-6,12-13,17,20,22H,3-4,7-11,14-16H2,1-2H3,(H,31,37)(H,30,32,33)/t17?,20-/m0/s1. The highest BCUT2D eigenvalue weighted by Crippen LogP contribution is 2.32. The molecule has 2 N–H and O–H groups in total. The van der Waals surface area contributed by atoms with Crippen LogP contribution < -0.4 is 10.6 Å². The highest BCUT2D eigenvalue weighted by Gasteiger charge is 2.31. The van der Waals surface area contributed by atoms with Crippen LogP contribution in [0, 0.1) is 5.92 Å². The van der Waals surface area contributed by atoms with Gasteiger partial charge in [0.25, 0.3) is 5.91 Å². The molecule has 0 saturated carbocycles. The summed E-state index contributed by atoms with van der Waals surface area (Å²) in [7, 11) is 0. The molecule has 39 heavy (non-hydrogen) atoms. The first-order valence-electron chi connectivity index (χ1n) is 13.6. The summed E-state index contributed by atoms with van der Waals surface area (Å²) in [4.78, 5) is 50.2. The fraction of sp³-hybridized carbons (Fsp3) is 0.536. The first kappa shape index (κ1) is 27.3. The molecule has 3 aliphatic heterocycles. The van der Waals surface area contributed by atoms with Crippen LogP contribution >= 0.6 is 11.6 Å². The Kier molecular flexibility index (Phi) is 8.32. The van der Waals surface area contributed by atoms with Gasteiger partial charge in [-0.25, -0.2) is 9.97 Å². The van der Waals surface area contributed by atoms with Gasteiger partial charge in [-0.15, -0.1) is 0 Å². The zero-order chi connectivity index (χ0) is 27.5. The van der Waals surface area contributed by atoms with Gasteiger partial charge in [-0.2, -0.15) is 0 Å². The quantitative estimate of drug-likeness (QED) is 0.540. The van der Waals surface area contributed by atoms with Crippen LogP contribution in [0.5, 0.6) is 0 Å². The van der Waals surface area contributed by atoms with Crippen molar-refractivity contribution in [3.8, 4) is 11.3 Å². The third kappa shape index (κ3) is 6.33. The second-order valence-corrected chi connectivity index (χ2v) is 11.1. The van der Waals surface area contributed by atoms with Gasteiger partial charge in [-0.3, -0.25) is 14.4 Å². The fourth-order valence-electron chi connectivity index (χ4n) is 5.59. The van der Waals surface area contributed by atoms with Gasteiger partial charge in [-0.05, 0) is 50.2 Å². The largest absolute Gasteiger partial charge is 0.381 e. The number of halogens is 1. The van der Waals surface area contributed by atoms with Crippen molar-refractivity contribution < 1.29 is 19.1 Å². The van der Waals surface area contributed by atoms with Crippen molar-refractivity contribution in [2.75, 3.05) is 38.2 Å². The van der Waals surface area contributed by atoms with Crippen molar-refractivity contribution in [3.05, 3.63) is 40.5 Å². The van der Waals surface area contributed by atoms with Crippen molar-refractivity contribution >= 4 is 35.3 Å². The number of amides is 3. The number of nitrogens with zero attached hydrogens (tertiary/aromatic N) is 4. The molecule has 1 unspecified atom stereocenters. The summed E-state index contributed by atoms with van der Waals surface area (Å²) in [5, 5.41) is 6.80. The highest BCUT2D eigenvalue weighted by atomic mass is 35.5. The number of benzene rings is 1. The third-order valence-electron chi connectivity index (χ3n) is 7.89. The van der Waals surface area contributed by atoms with Gasteiger partial charge in [-0.1, -0.05) is 23.7 Å². The average Bonchev–Trinajstić information content (AvgIpc) is 3.24. The maximum Gasteiger partial charge on any atom is 0.254 e. The van der Waals surface area contributed by atoms with Crippen LogP contribution in [0.3, 0.4) is 0 Å². The van der Waals surface area contributed by atoms with E-state index < -0.39 is 0 Å². The molecule has 3 amide bonds. The van der Waals surface area contributed by atoms with Crippen LogP contribution in [-0.4, -0.2) is 82.4 Å². The van der Waals surface area contributed by atoms with Gasteiger partial charge in [0.15, 0.2) is 0 Å². The molecule has 0 aliphatic carbocycles. The van der Waals surface area contributed by atoms with Crippen molar-refractivity contribution in [1.82, 2.24) is 25.1 Å². The predicted octanol–water partition coefficient (Wildman–Crippen LogP) is 3.11. The van der Waals surface area contributed by atoms with Crippen molar-refractivity contribution in [3.63, 3.8) is 0 Å². The minimum atomic E-state index is -0.202. The van der Waals surface area contributed by atoms with Crippen LogP contribution in [0.1, 0.15) is 55.5 Å². The minimum Gasteiger partial charge on any atom is -0.381 e. The lowest BCUT2D eigenvalue weighted by molar-refractivity contribution is -0.130. The number of carbonyl (C=O) groups is 3. The lowest BCUT2D eigenvalue weighted by atomic mass is 9.91. The van der Waals surface area contributed by atoms with Crippen LogP contribution in [0.2, 0.25) is 5.02 Å². The molecule has 11 heteroatoms. The van der Waals surface area contributed by atoms with Gasteiger partial charge in [0, 0.05) is 63.0 Å². The summed E-state index contributed by atoms with van der Waals surface area (Å²) in [6.45, 7) is 6.71. The summed E-state index contributed by atoms with van der Waals surface area (Å²) in [6, 6.07) is 5.74. The summed E-state index contributed by atoms with van der Waals surface area (Å²) in [6.07, 6.45) is 5.22. The number of rotatable bonds is 7. The summed E-state index contributed by atoms with van der Waals surface area (Å²) in [5.41, 5.74) is 2.68. The van der Waals surface area contributed by atoms with E-state index in [1.165, 1.54) is 0 Å². The predicted molar refractivity (Wildman–Crippen MR) is 147 cm³/mol. The minimum absolute atomic E-state index is 0.0240. The Morgan fingerprint density at radius 2 is 2.03 bits per heavy atom. The topological polar surface area (TPSA) is 117 Å². The molecule has 0 radical (unpaired) electrons. The van der Waals surface area contributed by atoms with E-state index in [1.807, 2.05) is 24.0 Å². The second kappa shape index (κ2) is 11.9. The number of anilines is 1. The first-order valence-corrected chi connectivity index (χ1v) is 14.0. The molecule has 2 atom stereocenters. The maximum atomic E-state index is 13.2. The van der Waals surface area contributed by atoms with Crippen LogP contribution in [0.25, 0.3) is 11.3 Å². The number of carbonyl (C=O) groups excluding carboxylic acids is 3. The molecule has 208 valence electrons.